The van der Waals surface area contributed by atoms with Crippen molar-refractivity contribution in [2.45, 2.75) is 37.5 Å². The Balaban J connectivity index is 1.91. The number of hydrogen-bond donors (Lipinski definition) is 2. The van der Waals surface area contributed by atoms with Gasteiger partial charge >= 0.3 is 5.97 Å². The molecule has 0 saturated carbocycles. The Bertz CT molecular complexity index is 418. The predicted octanol–water partition coefficient (Wildman–Crippen LogP) is -0.223. The van der Waals surface area contributed by atoms with Crippen LogP contribution in [0.4, 0.5) is 0 Å². The highest BCUT2D eigenvalue weighted by Crippen LogP contribution is 2.19. The van der Waals surface area contributed by atoms with Crippen molar-refractivity contribution in [2.75, 3.05) is 26.9 Å². The van der Waals surface area contributed by atoms with Crippen molar-refractivity contribution in [3.8, 4) is 0 Å². The Hall–Kier alpha value is -1.44. The molecule has 0 aromatic heterocycles. The summed E-state index contributed by atoms with van der Waals surface area (Å²) in [5.74, 6) is -0.489. The molecular formula is C15H23NO6. The molecule has 0 radical (unpaired) electrons. The summed E-state index contributed by atoms with van der Waals surface area (Å²) in [5.41, 5.74) is 0. The van der Waals surface area contributed by atoms with Crippen molar-refractivity contribution in [3.63, 3.8) is 0 Å². The molecule has 0 spiro atoms. The number of hydrogen-bond acceptors (Lipinski definition) is 6. The van der Waals surface area contributed by atoms with Gasteiger partial charge in [-0.05, 0) is 12.8 Å². The summed E-state index contributed by atoms with van der Waals surface area (Å²) in [6, 6.07) is -0.394. The molecule has 2 rings (SSSR count). The molecule has 0 unspecified atom stereocenters. The van der Waals surface area contributed by atoms with Crippen LogP contribution in [0.2, 0.25) is 0 Å². The van der Waals surface area contributed by atoms with Crippen LogP contribution in [-0.4, -0.2) is 62.2 Å². The maximum atomic E-state index is 12.2. The minimum atomic E-state index is -0.566. The van der Waals surface area contributed by atoms with Crippen molar-refractivity contribution >= 4 is 11.9 Å². The topological polar surface area (TPSA) is 94.1 Å². The number of aliphatic hydroxyl groups is 1. The first-order chi connectivity index (χ1) is 10.6. The third-order valence-corrected chi connectivity index (χ3v) is 3.96. The van der Waals surface area contributed by atoms with Gasteiger partial charge in [0.25, 0.3) is 0 Å². The van der Waals surface area contributed by atoms with E-state index in [-0.39, 0.29) is 30.8 Å². The molecule has 2 heterocycles. The maximum Gasteiger partial charge on any atom is 0.308 e. The number of amides is 1. The molecule has 2 aliphatic rings. The first-order valence-electron chi connectivity index (χ1n) is 7.53. The van der Waals surface area contributed by atoms with Gasteiger partial charge in [0.2, 0.25) is 5.91 Å². The molecule has 1 amide bonds. The van der Waals surface area contributed by atoms with Crippen LogP contribution >= 0.6 is 0 Å². The number of carbonyl (C=O) groups is 2. The Kier molecular flexibility index (Phi) is 6.35. The molecule has 1 saturated heterocycles. The van der Waals surface area contributed by atoms with Gasteiger partial charge in [0.1, 0.15) is 6.10 Å². The van der Waals surface area contributed by atoms with Crippen molar-refractivity contribution in [3.05, 3.63) is 12.2 Å². The molecule has 0 aromatic carbocycles. The maximum absolute atomic E-state index is 12.2. The van der Waals surface area contributed by atoms with Crippen molar-refractivity contribution in [1.82, 2.24) is 5.32 Å². The third kappa shape index (κ3) is 4.53. The molecule has 124 valence electrons. The summed E-state index contributed by atoms with van der Waals surface area (Å²) in [5, 5.41) is 12.3. The second-order valence-electron chi connectivity index (χ2n) is 5.48. The molecular weight excluding hydrogens is 290 g/mol. The van der Waals surface area contributed by atoms with Crippen LogP contribution in [0, 0.1) is 5.92 Å². The summed E-state index contributed by atoms with van der Waals surface area (Å²) in [6.45, 7) is 0.959. The van der Waals surface area contributed by atoms with E-state index < -0.39 is 18.2 Å². The van der Waals surface area contributed by atoms with Crippen LogP contribution in [0.3, 0.4) is 0 Å². The van der Waals surface area contributed by atoms with Crippen LogP contribution in [0.25, 0.3) is 0 Å². The summed E-state index contributed by atoms with van der Waals surface area (Å²) in [4.78, 5) is 23.5. The van der Waals surface area contributed by atoms with E-state index in [0.29, 0.717) is 26.1 Å². The lowest BCUT2D eigenvalue weighted by molar-refractivity contribution is -0.145. The number of carbonyl (C=O) groups excluding carboxylic acids is 2. The fourth-order valence-electron chi connectivity index (χ4n) is 2.63. The minimum absolute atomic E-state index is 0.0496. The molecule has 3 atom stereocenters. The van der Waals surface area contributed by atoms with Gasteiger partial charge in [-0.3, -0.25) is 9.59 Å². The summed E-state index contributed by atoms with van der Waals surface area (Å²) >= 11 is 0. The van der Waals surface area contributed by atoms with Crippen molar-refractivity contribution < 1.29 is 28.9 Å². The van der Waals surface area contributed by atoms with E-state index >= 15 is 0 Å². The average Bonchev–Trinajstić information content (AvgIpc) is 2.56. The molecule has 22 heavy (non-hydrogen) atoms. The Morgan fingerprint density at radius 1 is 1.32 bits per heavy atom. The van der Waals surface area contributed by atoms with Gasteiger partial charge in [-0.1, -0.05) is 12.2 Å². The van der Waals surface area contributed by atoms with E-state index in [2.05, 4.69) is 10.1 Å². The first kappa shape index (κ1) is 16.9. The molecule has 7 nitrogen and oxygen atoms in total. The minimum Gasteiger partial charge on any atom is -0.469 e. The molecule has 2 N–H and O–H groups in total. The standard InChI is InChI=1S/C15H23NO6/c1-20-14(18)8-11-2-3-12(13(9-17)22-11)16-15(19)10-4-6-21-7-5-10/h2-3,10-13,17H,4-9H2,1H3,(H,16,19)/t11-,12+,13-/m1/s1. The number of aliphatic hydroxyl groups excluding tert-OH is 1. The highest BCUT2D eigenvalue weighted by atomic mass is 16.5. The highest BCUT2D eigenvalue weighted by molar-refractivity contribution is 5.79. The lowest BCUT2D eigenvalue weighted by Crippen LogP contribution is -2.50. The number of rotatable bonds is 5. The molecule has 0 aromatic rings. The summed E-state index contributed by atoms with van der Waals surface area (Å²) in [7, 11) is 1.31. The third-order valence-electron chi connectivity index (χ3n) is 3.96. The lowest BCUT2D eigenvalue weighted by Gasteiger charge is -2.32. The predicted molar refractivity (Wildman–Crippen MR) is 77.0 cm³/mol. The van der Waals surface area contributed by atoms with Crippen LogP contribution in [-0.2, 0) is 23.8 Å². The lowest BCUT2D eigenvalue weighted by atomic mass is 9.97. The smallest absolute Gasteiger partial charge is 0.308 e. The highest BCUT2D eigenvalue weighted by Gasteiger charge is 2.31. The second-order valence-corrected chi connectivity index (χ2v) is 5.48. The van der Waals surface area contributed by atoms with Gasteiger partial charge in [0, 0.05) is 19.1 Å². The SMILES string of the molecule is COC(=O)C[C@H]1C=C[C@H](NC(=O)C2CCOCC2)[C@@H](CO)O1. The van der Waals surface area contributed by atoms with E-state index in [0.717, 1.165) is 0 Å². The van der Waals surface area contributed by atoms with Gasteiger partial charge in [-0.2, -0.15) is 0 Å². The van der Waals surface area contributed by atoms with Gasteiger partial charge in [-0.25, -0.2) is 0 Å². The fraction of sp³-hybridized carbons (Fsp3) is 0.733. The van der Waals surface area contributed by atoms with E-state index in [1.807, 2.05) is 0 Å². The van der Waals surface area contributed by atoms with Crippen molar-refractivity contribution in [1.29, 1.82) is 0 Å². The zero-order chi connectivity index (χ0) is 15.9. The van der Waals surface area contributed by atoms with Gasteiger partial charge in [0.05, 0.1) is 32.3 Å². The summed E-state index contributed by atoms with van der Waals surface area (Å²) < 4.78 is 15.5. The molecule has 2 aliphatic heterocycles. The Morgan fingerprint density at radius 3 is 2.68 bits per heavy atom. The normalized spacial score (nSPS) is 29.1. The second kappa shape index (κ2) is 8.26. The molecule has 0 aliphatic carbocycles. The largest absolute Gasteiger partial charge is 0.469 e. The summed E-state index contributed by atoms with van der Waals surface area (Å²) in [6.07, 6.45) is 3.98. The first-order valence-corrected chi connectivity index (χ1v) is 7.53. The average molecular weight is 313 g/mol. The van der Waals surface area contributed by atoms with Gasteiger partial charge in [-0.15, -0.1) is 0 Å². The van der Waals surface area contributed by atoms with Crippen LogP contribution in [0.1, 0.15) is 19.3 Å². The van der Waals surface area contributed by atoms with Crippen LogP contribution < -0.4 is 5.32 Å². The van der Waals surface area contributed by atoms with E-state index in [4.69, 9.17) is 9.47 Å². The number of nitrogens with one attached hydrogen (secondary N) is 1. The Labute approximate surface area is 129 Å². The molecule has 1 fully saturated rings. The van der Waals surface area contributed by atoms with Crippen LogP contribution in [0.5, 0.6) is 0 Å². The van der Waals surface area contributed by atoms with Gasteiger partial charge < -0.3 is 24.6 Å². The fourth-order valence-corrected chi connectivity index (χ4v) is 2.63. The van der Waals surface area contributed by atoms with Gasteiger partial charge in [0.15, 0.2) is 0 Å². The quantitative estimate of drug-likeness (QED) is 0.538. The zero-order valence-corrected chi connectivity index (χ0v) is 12.7. The molecule has 7 heteroatoms. The number of methoxy groups -OCH3 is 1. The molecule has 0 bridgehead atoms. The van der Waals surface area contributed by atoms with E-state index in [1.54, 1.807) is 12.2 Å². The van der Waals surface area contributed by atoms with Crippen molar-refractivity contribution in [2.24, 2.45) is 5.92 Å². The number of ether oxygens (including phenoxy) is 3. The number of esters is 1. The monoisotopic (exact) mass is 313 g/mol. The van der Waals surface area contributed by atoms with E-state index in [9.17, 15) is 14.7 Å². The Morgan fingerprint density at radius 2 is 2.05 bits per heavy atom. The zero-order valence-electron chi connectivity index (χ0n) is 12.7. The van der Waals surface area contributed by atoms with E-state index in [1.165, 1.54) is 7.11 Å². The van der Waals surface area contributed by atoms with Crippen LogP contribution in [0.15, 0.2) is 12.2 Å².